The Morgan fingerprint density at radius 1 is 1.23 bits per heavy atom. The van der Waals surface area contributed by atoms with Crippen LogP contribution in [0, 0.1) is 5.92 Å². The molecule has 1 N–H and O–H groups in total. The number of carbonyl (C=O) groups is 1. The van der Waals surface area contributed by atoms with E-state index in [1.165, 1.54) is 0 Å². The van der Waals surface area contributed by atoms with Crippen LogP contribution in [0.3, 0.4) is 0 Å². The quantitative estimate of drug-likeness (QED) is 0.618. The summed E-state index contributed by atoms with van der Waals surface area (Å²) in [7, 11) is 0. The van der Waals surface area contributed by atoms with E-state index in [2.05, 4.69) is 4.90 Å². The van der Waals surface area contributed by atoms with Crippen molar-refractivity contribution in [2.24, 2.45) is 5.92 Å². The van der Waals surface area contributed by atoms with Gasteiger partial charge in [-0.15, -0.1) is 0 Å². The smallest absolute Gasteiger partial charge is 0.167 e. The summed E-state index contributed by atoms with van der Waals surface area (Å²) in [5.41, 5.74) is 2.66. The fraction of sp³-hybridized carbons (Fsp3) is 0.480. The molecule has 0 saturated carbocycles. The van der Waals surface area contributed by atoms with Crippen molar-refractivity contribution in [2.75, 3.05) is 19.7 Å². The third-order valence-corrected chi connectivity index (χ3v) is 5.37. The Balaban J connectivity index is 1.66. The van der Waals surface area contributed by atoms with Crippen LogP contribution in [-0.4, -0.2) is 41.6 Å². The highest BCUT2D eigenvalue weighted by Gasteiger charge is 2.27. The van der Waals surface area contributed by atoms with Crippen molar-refractivity contribution in [3.63, 3.8) is 0 Å². The van der Waals surface area contributed by atoms with Crippen LogP contribution in [0.15, 0.2) is 42.5 Å². The van der Waals surface area contributed by atoms with E-state index >= 15 is 0 Å². The Hall–Kier alpha value is -2.37. The zero-order valence-electron chi connectivity index (χ0n) is 18.3. The molecule has 0 radical (unpaired) electrons. The Bertz CT molecular complexity index is 849. The van der Waals surface area contributed by atoms with E-state index in [0.29, 0.717) is 6.61 Å². The van der Waals surface area contributed by atoms with Gasteiger partial charge in [-0.1, -0.05) is 18.2 Å². The van der Waals surface area contributed by atoms with Gasteiger partial charge >= 0.3 is 0 Å². The Labute approximate surface area is 179 Å². The first-order chi connectivity index (χ1) is 14.5. The summed E-state index contributed by atoms with van der Waals surface area (Å²) in [6, 6.07) is 13.5. The number of Topliss-reactive ketones (excluding diaryl/α,β-unsaturated/α-hetero) is 1. The largest absolute Gasteiger partial charge is 0.494 e. The molecule has 0 unspecified atom stereocenters. The van der Waals surface area contributed by atoms with E-state index in [0.717, 1.165) is 60.7 Å². The molecule has 0 bridgehead atoms. The maximum atomic E-state index is 13.1. The predicted molar refractivity (Wildman–Crippen MR) is 118 cm³/mol. The molecule has 1 aliphatic rings. The zero-order chi connectivity index (χ0) is 21.5. The van der Waals surface area contributed by atoms with Crippen LogP contribution >= 0.6 is 0 Å². The molecular formula is C25H33NO4. The molecule has 5 heteroatoms. The SMILES string of the molecule is CCOc1ccc(CN2CCC[C@H](C(=O)c3cccc(OC(C)C)c3)C2)cc1CO. The number of ether oxygens (including phenoxy) is 2. The lowest BCUT2D eigenvalue weighted by molar-refractivity contribution is 0.0811. The summed E-state index contributed by atoms with van der Waals surface area (Å²) >= 11 is 0. The number of hydrogen-bond acceptors (Lipinski definition) is 5. The van der Waals surface area contributed by atoms with E-state index in [1.807, 2.05) is 63.2 Å². The Morgan fingerprint density at radius 3 is 2.80 bits per heavy atom. The monoisotopic (exact) mass is 411 g/mol. The fourth-order valence-corrected chi connectivity index (χ4v) is 4.05. The standard InChI is InChI=1S/C25H33NO4/c1-4-29-24-11-10-19(13-22(24)17-27)15-26-12-6-8-21(16-26)25(28)20-7-5-9-23(14-20)30-18(2)3/h5,7,9-11,13-14,18,21,27H,4,6,8,12,15-17H2,1-3H3/t21-/m0/s1. The molecule has 3 rings (SSSR count). The van der Waals surface area contributed by atoms with Crippen molar-refractivity contribution in [3.8, 4) is 11.5 Å². The molecule has 2 aromatic rings. The molecule has 1 saturated heterocycles. The number of hydrogen-bond donors (Lipinski definition) is 1. The van der Waals surface area contributed by atoms with Crippen LogP contribution < -0.4 is 9.47 Å². The number of likely N-dealkylation sites (tertiary alicyclic amines) is 1. The minimum atomic E-state index is -0.0426. The highest BCUT2D eigenvalue weighted by molar-refractivity contribution is 5.98. The van der Waals surface area contributed by atoms with Gasteiger partial charge in [-0.05, 0) is 70.0 Å². The predicted octanol–water partition coefficient (Wildman–Crippen LogP) is 4.46. The summed E-state index contributed by atoms with van der Waals surface area (Å²) in [6.07, 6.45) is 2.00. The van der Waals surface area contributed by atoms with Gasteiger partial charge in [0.2, 0.25) is 0 Å². The van der Waals surface area contributed by atoms with Crippen molar-refractivity contribution in [1.29, 1.82) is 0 Å². The lowest BCUT2D eigenvalue weighted by Crippen LogP contribution is -2.38. The number of aliphatic hydroxyl groups is 1. The molecule has 0 aliphatic carbocycles. The maximum Gasteiger partial charge on any atom is 0.167 e. The number of ketones is 1. The molecule has 1 heterocycles. The van der Waals surface area contributed by atoms with Crippen molar-refractivity contribution >= 4 is 5.78 Å². The summed E-state index contributed by atoms with van der Waals surface area (Å²) in [6.45, 7) is 8.92. The molecule has 1 atom stereocenters. The van der Waals surface area contributed by atoms with E-state index in [-0.39, 0.29) is 24.4 Å². The molecule has 0 spiro atoms. The van der Waals surface area contributed by atoms with Crippen molar-refractivity contribution in [3.05, 3.63) is 59.2 Å². The average molecular weight is 412 g/mol. The van der Waals surface area contributed by atoms with Crippen LogP contribution in [-0.2, 0) is 13.2 Å². The van der Waals surface area contributed by atoms with Crippen LogP contribution in [0.4, 0.5) is 0 Å². The number of carbonyl (C=O) groups excluding carboxylic acids is 1. The lowest BCUT2D eigenvalue weighted by atomic mass is 9.89. The number of rotatable bonds is 9. The fourth-order valence-electron chi connectivity index (χ4n) is 4.05. The van der Waals surface area contributed by atoms with E-state index < -0.39 is 0 Å². The number of piperidine rings is 1. The van der Waals surface area contributed by atoms with Crippen LogP contribution in [0.2, 0.25) is 0 Å². The summed E-state index contributed by atoms with van der Waals surface area (Å²) in [5.74, 6) is 1.66. The van der Waals surface area contributed by atoms with Crippen LogP contribution in [0.25, 0.3) is 0 Å². The summed E-state index contributed by atoms with van der Waals surface area (Å²) in [4.78, 5) is 15.5. The molecule has 30 heavy (non-hydrogen) atoms. The highest BCUT2D eigenvalue weighted by Crippen LogP contribution is 2.26. The molecule has 2 aromatic carbocycles. The lowest BCUT2D eigenvalue weighted by Gasteiger charge is -2.32. The number of benzene rings is 2. The zero-order valence-corrected chi connectivity index (χ0v) is 18.3. The van der Waals surface area contributed by atoms with Gasteiger partial charge in [0.1, 0.15) is 11.5 Å². The van der Waals surface area contributed by atoms with Gasteiger partial charge in [-0.2, -0.15) is 0 Å². The van der Waals surface area contributed by atoms with E-state index in [1.54, 1.807) is 0 Å². The molecule has 5 nitrogen and oxygen atoms in total. The third kappa shape index (κ3) is 5.83. The first-order valence-corrected chi connectivity index (χ1v) is 10.9. The number of nitrogens with zero attached hydrogens (tertiary/aromatic N) is 1. The van der Waals surface area contributed by atoms with Gasteiger partial charge in [0, 0.05) is 30.1 Å². The van der Waals surface area contributed by atoms with Crippen LogP contribution in [0.5, 0.6) is 11.5 Å². The summed E-state index contributed by atoms with van der Waals surface area (Å²) in [5, 5.41) is 9.64. The normalized spacial score (nSPS) is 17.2. The average Bonchev–Trinajstić information content (AvgIpc) is 2.74. The molecular weight excluding hydrogens is 378 g/mol. The van der Waals surface area contributed by atoms with Crippen molar-refractivity contribution in [2.45, 2.75) is 52.9 Å². The Kier molecular flexibility index (Phi) is 7.88. The van der Waals surface area contributed by atoms with Gasteiger partial charge in [0.15, 0.2) is 5.78 Å². The van der Waals surface area contributed by atoms with E-state index in [4.69, 9.17) is 9.47 Å². The van der Waals surface area contributed by atoms with Crippen LogP contribution in [0.1, 0.15) is 55.1 Å². The van der Waals surface area contributed by atoms with Gasteiger partial charge < -0.3 is 14.6 Å². The first kappa shape index (κ1) is 22.3. The Morgan fingerprint density at radius 2 is 2.07 bits per heavy atom. The third-order valence-electron chi connectivity index (χ3n) is 5.37. The maximum absolute atomic E-state index is 13.1. The second-order valence-corrected chi connectivity index (χ2v) is 8.17. The molecule has 162 valence electrons. The van der Waals surface area contributed by atoms with Gasteiger partial charge in [0.05, 0.1) is 19.3 Å². The second kappa shape index (κ2) is 10.6. The topological polar surface area (TPSA) is 59.0 Å². The molecule has 1 fully saturated rings. The minimum absolute atomic E-state index is 0.00643. The molecule has 1 aliphatic heterocycles. The van der Waals surface area contributed by atoms with Gasteiger partial charge in [-0.25, -0.2) is 0 Å². The molecule has 0 aromatic heterocycles. The van der Waals surface area contributed by atoms with E-state index in [9.17, 15) is 9.90 Å². The molecule has 0 amide bonds. The minimum Gasteiger partial charge on any atom is -0.494 e. The highest BCUT2D eigenvalue weighted by atomic mass is 16.5. The summed E-state index contributed by atoms with van der Waals surface area (Å²) < 4.78 is 11.3. The van der Waals surface area contributed by atoms with Gasteiger partial charge in [0.25, 0.3) is 0 Å². The number of aliphatic hydroxyl groups excluding tert-OH is 1. The van der Waals surface area contributed by atoms with Gasteiger partial charge in [-0.3, -0.25) is 9.69 Å². The first-order valence-electron chi connectivity index (χ1n) is 10.9. The van der Waals surface area contributed by atoms with Crippen molar-refractivity contribution < 1.29 is 19.4 Å². The van der Waals surface area contributed by atoms with Crippen molar-refractivity contribution in [1.82, 2.24) is 4.90 Å². The second-order valence-electron chi connectivity index (χ2n) is 8.17.